The predicted molar refractivity (Wildman–Crippen MR) is 98.2 cm³/mol. The quantitative estimate of drug-likeness (QED) is 0.581. The molecule has 0 saturated heterocycles. The number of H-pyrrole nitrogens is 1. The molecule has 0 radical (unpaired) electrons. The second-order valence-corrected chi connectivity index (χ2v) is 5.98. The topological polar surface area (TPSA) is 85.2 Å². The Hall–Kier alpha value is -3.35. The molecule has 0 fully saturated rings. The smallest absolute Gasteiger partial charge is 0.176 e. The van der Waals surface area contributed by atoms with Gasteiger partial charge < -0.3 is 4.57 Å². The van der Waals surface area contributed by atoms with E-state index in [2.05, 4.69) is 66.3 Å². The van der Waals surface area contributed by atoms with Crippen molar-refractivity contribution in [3.8, 4) is 22.6 Å². The van der Waals surface area contributed by atoms with E-state index < -0.39 is 0 Å². The molecule has 4 rings (SSSR count). The molecule has 0 saturated carbocycles. The fourth-order valence-corrected chi connectivity index (χ4v) is 2.91. The highest BCUT2D eigenvalue weighted by atomic mass is 15.5. The van der Waals surface area contributed by atoms with E-state index in [0.717, 1.165) is 29.1 Å². The number of nitrogens with zero attached hydrogens (tertiary/aromatic N) is 6. The zero-order valence-electron chi connectivity index (χ0n) is 14.5. The molecular weight excluding hydrogens is 326 g/mol. The lowest BCUT2D eigenvalue weighted by Gasteiger charge is -2.10. The van der Waals surface area contributed by atoms with E-state index in [4.69, 9.17) is 0 Å². The van der Waals surface area contributed by atoms with E-state index in [9.17, 15) is 0 Å². The summed E-state index contributed by atoms with van der Waals surface area (Å²) in [5, 5.41) is 14.2. The molecule has 0 aliphatic heterocycles. The minimum atomic E-state index is 0.668. The van der Waals surface area contributed by atoms with Crippen LogP contribution >= 0.6 is 0 Å². The Balaban J connectivity index is 1.74. The number of aromatic nitrogens is 7. The van der Waals surface area contributed by atoms with Gasteiger partial charge >= 0.3 is 0 Å². The van der Waals surface area contributed by atoms with Crippen LogP contribution in [0.15, 0.2) is 55.0 Å². The van der Waals surface area contributed by atoms with Crippen molar-refractivity contribution in [1.29, 1.82) is 0 Å². The molecule has 130 valence electrons. The second kappa shape index (κ2) is 7.26. The first-order valence-corrected chi connectivity index (χ1v) is 8.63. The van der Waals surface area contributed by atoms with Crippen LogP contribution in [-0.4, -0.2) is 35.2 Å². The molecule has 7 nitrogen and oxygen atoms in total. The highest BCUT2D eigenvalue weighted by molar-refractivity contribution is 5.76. The molecule has 1 aromatic carbocycles. The number of pyridine rings is 1. The highest BCUT2D eigenvalue weighted by Crippen LogP contribution is 2.30. The number of hydrogen-bond acceptors (Lipinski definition) is 5. The summed E-state index contributed by atoms with van der Waals surface area (Å²) in [5.74, 6) is 0.681. The number of hydrogen-bond donors (Lipinski definition) is 1. The van der Waals surface area contributed by atoms with Gasteiger partial charge in [0.15, 0.2) is 5.82 Å². The van der Waals surface area contributed by atoms with E-state index in [1.54, 1.807) is 0 Å². The molecule has 0 atom stereocenters. The van der Waals surface area contributed by atoms with E-state index in [1.807, 2.05) is 30.7 Å². The Labute approximate surface area is 151 Å². The van der Waals surface area contributed by atoms with Crippen molar-refractivity contribution in [3.63, 3.8) is 0 Å². The second-order valence-electron chi connectivity index (χ2n) is 5.98. The average Bonchev–Trinajstić information content (AvgIpc) is 3.37. The van der Waals surface area contributed by atoms with Crippen LogP contribution in [0.5, 0.6) is 0 Å². The van der Waals surface area contributed by atoms with Crippen LogP contribution in [0.2, 0.25) is 0 Å². The van der Waals surface area contributed by atoms with Gasteiger partial charge in [0, 0.05) is 24.7 Å². The van der Waals surface area contributed by atoms with Crippen LogP contribution in [0.1, 0.15) is 18.3 Å². The third kappa shape index (κ3) is 3.23. The van der Waals surface area contributed by atoms with Crippen molar-refractivity contribution in [2.45, 2.75) is 26.3 Å². The fraction of sp³-hybridized carbons (Fsp3) is 0.211. The molecule has 0 bridgehead atoms. The monoisotopic (exact) mass is 345 g/mol. The first-order chi connectivity index (χ1) is 12.8. The molecule has 26 heavy (non-hydrogen) atoms. The Bertz CT molecular complexity index is 957. The molecule has 7 heteroatoms. The Kier molecular flexibility index (Phi) is 4.51. The third-order valence-corrected chi connectivity index (χ3v) is 4.33. The number of nitrogens with one attached hydrogen (secondary N) is 1. The summed E-state index contributed by atoms with van der Waals surface area (Å²) in [4.78, 5) is 9.34. The van der Waals surface area contributed by atoms with E-state index in [0.29, 0.717) is 18.8 Å². The fourth-order valence-electron chi connectivity index (χ4n) is 2.91. The van der Waals surface area contributed by atoms with Gasteiger partial charge in [-0.25, -0.2) is 4.98 Å². The third-order valence-electron chi connectivity index (χ3n) is 4.33. The van der Waals surface area contributed by atoms with E-state index in [1.165, 1.54) is 5.56 Å². The van der Waals surface area contributed by atoms with Gasteiger partial charge in [-0.2, -0.15) is 5.21 Å². The van der Waals surface area contributed by atoms with Crippen LogP contribution < -0.4 is 0 Å². The first-order valence-electron chi connectivity index (χ1n) is 8.63. The molecule has 0 spiro atoms. The molecule has 3 aromatic heterocycles. The lowest BCUT2D eigenvalue weighted by atomic mass is 10.1. The summed E-state index contributed by atoms with van der Waals surface area (Å²) in [7, 11) is 0. The Morgan fingerprint density at radius 2 is 1.92 bits per heavy atom. The number of aryl methyl sites for hydroxylation is 3. The molecular formula is C19H19N7. The van der Waals surface area contributed by atoms with Crippen molar-refractivity contribution >= 4 is 0 Å². The molecule has 1 N–H and O–H groups in total. The van der Waals surface area contributed by atoms with Crippen molar-refractivity contribution in [2.24, 2.45) is 0 Å². The maximum absolute atomic E-state index is 4.67. The van der Waals surface area contributed by atoms with Crippen LogP contribution in [0.3, 0.4) is 0 Å². The zero-order valence-corrected chi connectivity index (χ0v) is 14.5. The average molecular weight is 345 g/mol. The Morgan fingerprint density at radius 3 is 2.62 bits per heavy atom. The minimum absolute atomic E-state index is 0.668. The van der Waals surface area contributed by atoms with Gasteiger partial charge in [-0.05, 0) is 18.1 Å². The standard InChI is InChI=1S/C19H19N7/c1-2-14-8-9-16(20-12-14)19-18(15-6-4-3-5-7-15)21-13-26(19)11-10-17-22-24-25-23-17/h3-9,12-13H,2,10-11H2,1H3,(H,22,23,24,25). The van der Waals surface area contributed by atoms with Crippen molar-refractivity contribution in [2.75, 3.05) is 0 Å². The summed E-state index contributed by atoms with van der Waals surface area (Å²) in [6, 6.07) is 14.4. The normalized spacial score (nSPS) is 11.0. The molecule has 4 aromatic rings. The molecule has 3 heterocycles. The number of rotatable bonds is 6. The van der Waals surface area contributed by atoms with Crippen molar-refractivity contribution in [1.82, 2.24) is 35.2 Å². The van der Waals surface area contributed by atoms with Crippen molar-refractivity contribution in [3.05, 3.63) is 66.4 Å². The lowest BCUT2D eigenvalue weighted by molar-refractivity contribution is 0.676. The summed E-state index contributed by atoms with van der Waals surface area (Å²) < 4.78 is 2.10. The van der Waals surface area contributed by atoms with Gasteiger partial charge in [0.1, 0.15) is 0 Å². The Morgan fingerprint density at radius 1 is 1.04 bits per heavy atom. The SMILES string of the molecule is CCc1ccc(-c2c(-c3ccccc3)ncn2CCc2nn[nH]n2)nc1. The molecule has 0 aliphatic rings. The van der Waals surface area contributed by atoms with Crippen LogP contribution in [0, 0.1) is 0 Å². The van der Waals surface area contributed by atoms with E-state index >= 15 is 0 Å². The van der Waals surface area contributed by atoms with E-state index in [-0.39, 0.29) is 0 Å². The van der Waals surface area contributed by atoms with Crippen molar-refractivity contribution < 1.29 is 0 Å². The maximum Gasteiger partial charge on any atom is 0.176 e. The van der Waals surface area contributed by atoms with Gasteiger partial charge in [-0.3, -0.25) is 4.98 Å². The van der Waals surface area contributed by atoms with Gasteiger partial charge in [0.25, 0.3) is 0 Å². The molecule has 0 unspecified atom stereocenters. The number of benzene rings is 1. The summed E-state index contributed by atoms with van der Waals surface area (Å²) in [6.45, 7) is 2.83. The molecule has 0 aliphatic carbocycles. The zero-order chi connectivity index (χ0) is 17.8. The number of imidazole rings is 1. The van der Waals surface area contributed by atoms with Gasteiger partial charge in [0.05, 0.1) is 23.4 Å². The van der Waals surface area contributed by atoms with Crippen LogP contribution in [0.25, 0.3) is 22.6 Å². The first kappa shape index (κ1) is 16.1. The van der Waals surface area contributed by atoms with Gasteiger partial charge in [-0.15, -0.1) is 10.2 Å². The van der Waals surface area contributed by atoms with Gasteiger partial charge in [0.2, 0.25) is 0 Å². The number of tetrazole rings is 1. The summed E-state index contributed by atoms with van der Waals surface area (Å²) in [5.41, 5.74) is 5.12. The van der Waals surface area contributed by atoms with Crippen LogP contribution in [-0.2, 0) is 19.4 Å². The summed E-state index contributed by atoms with van der Waals surface area (Å²) in [6.07, 6.45) is 5.42. The summed E-state index contributed by atoms with van der Waals surface area (Å²) >= 11 is 0. The molecule has 0 amide bonds. The predicted octanol–water partition coefficient (Wildman–Crippen LogP) is 2.93. The number of aromatic amines is 1. The largest absolute Gasteiger partial charge is 0.328 e. The minimum Gasteiger partial charge on any atom is -0.328 e. The van der Waals surface area contributed by atoms with Crippen LogP contribution in [0.4, 0.5) is 0 Å². The maximum atomic E-state index is 4.67. The highest BCUT2D eigenvalue weighted by Gasteiger charge is 2.16. The lowest BCUT2D eigenvalue weighted by Crippen LogP contribution is -2.04. The van der Waals surface area contributed by atoms with Gasteiger partial charge in [-0.1, -0.05) is 48.5 Å².